The van der Waals surface area contributed by atoms with Gasteiger partial charge in [-0.15, -0.1) is 0 Å². The minimum absolute atomic E-state index is 0.421. The zero-order valence-corrected chi connectivity index (χ0v) is 13.4. The van der Waals surface area contributed by atoms with Gasteiger partial charge in [-0.3, -0.25) is 4.99 Å². The van der Waals surface area contributed by atoms with E-state index < -0.39 is 10.0 Å². The Kier molecular flexibility index (Phi) is 7.01. The summed E-state index contributed by atoms with van der Waals surface area (Å²) in [7, 11) is -1.35. The average Bonchev–Trinajstić information content (AvgIpc) is 2.88. The maximum Gasteiger partial charge on any atom is 0.211 e. The number of sulfonamides is 1. The van der Waals surface area contributed by atoms with Gasteiger partial charge in [-0.25, -0.2) is 12.7 Å². The highest BCUT2D eigenvalue weighted by Crippen LogP contribution is 2.08. The monoisotopic (exact) mass is 302 g/mol. The number of guanidine groups is 1. The fourth-order valence-electron chi connectivity index (χ4n) is 2.14. The lowest BCUT2D eigenvalue weighted by Gasteiger charge is -2.19. The standard InChI is InChI=1S/C13H26N4O2S/c1-4-17(20(3,18)19)11-7-10-15-13(14-2)16-12-8-5-6-9-12/h5-6,12H,4,7-11H2,1-3H3,(H2,14,15,16). The molecule has 6 nitrogen and oxygen atoms in total. The van der Waals surface area contributed by atoms with Crippen LogP contribution in [0.4, 0.5) is 0 Å². The lowest BCUT2D eigenvalue weighted by Crippen LogP contribution is -2.43. The van der Waals surface area contributed by atoms with Gasteiger partial charge in [0.05, 0.1) is 6.26 Å². The van der Waals surface area contributed by atoms with Crippen LogP contribution < -0.4 is 10.6 Å². The fourth-order valence-corrected chi connectivity index (χ4v) is 3.07. The van der Waals surface area contributed by atoms with Crippen LogP contribution in [0, 0.1) is 0 Å². The molecule has 0 spiro atoms. The van der Waals surface area contributed by atoms with Gasteiger partial charge in [0, 0.05) is 32.7 Å². The van der Waals surface area contributed by atoms with E-state index in [0.717, 1.165) is 25.2 Å². The van der Waals surface area contributed by atoms with E-state index in [2.05, 4.69) is 27.8 Å². The van der Waals surface area contributed by atoms with E-state index in [-0.39, 0.29) is 0 Å². The molecule has 0 unspecified atom stereocenters. The summed E-state index contributed by atoms with van der Waals surface area (Å²) < 4.78 is 24.4. The van der Waals surface area contributed by atoms with Gasteiger partial charge in [0.1, 0.15) is 0 Å². The van der Waals surface area contributed by atoms with Crippen molar-refractivity contribution in [2.75, 3.05) is 32.9 Å². The predicted molar refractivity (Wildman–Crippen MR) is 83.4 cm³/mol. The van der Waals surface area contributed by atoms with Crippen LogP contribution in [0.15, 0.2) is 17.1 Å². The first kappa shape index (κ1) is 17.0. The van der Waals surface area contributed by atoms with E-state index in [0.29, 0.717) is 25.7 Å². The summed E-state index contributed by atoms with van der Waals surface area (Å²) in [5, 5.41) is 6.56. The van der Waals surface area contributed by atoms with Gasteiger partial charge in [-0.05, 0) is 19.3 Å². The van der Waals surface area contributed by atoms with Gasteiger partial charge in [0.25, 0.3) is 0 Å². The maximum atomic E-state index is 11.4. The Morgan fingerprint density at radius 3 is 2.55 bits per heavy atom. The summed E-state index contributed by atoms with van der Waals surface area (Å²) in [6.07, 6.45) is 8.38. The van der Waals surface area contributed by atoms with Crippen LogP contribution in [-0.2, 0) is 10.0 Å². The van der Waals surface area contributed by atoms with E-state index in [4.69, 9.17) is 0 Å². The van der Waals surface area contributed by atoms with Crippen molar-refractivity contribution in [2.24, 2.45) is 4.99 Å². The van der Waals surface area contributed by atoms with Crippen LogP contribution in [0.3, 0.4) is 0 Å². The number of nitrogens with zero attached hydrogens (tertiary/aromatic N) is 2. The van der Waals surface area contributed by atoms with E-state index in [1.165, 1.54) is 10.6 Å². The molecule has 7 heteroatoms. The van der Waals surface area contributed by atoms with Crippen LogP contribution in [0.1, 0.15) is 26.2 Å². The lowest BCUT2D eigenvalue weighted by atomic mass is 10.2. The zero-order chi connectivity index (χ0) is 15.0. The van der Waals surface area contributed by atoms with Gasteiger partial charge >= 0.3 is 0 Å². The second-order valence-electron chi connectivity index (χ2n) is 4.89. The molecule has 0 bridgehead atoms. The number of aliphatic imine (C=N–C) groups is 1. The highest BCUT2D eigenvalue weighted by molar-refractivity contribution is 7.88. The molecule has 0 amide bonds. The van der Waals surface area contributed by atoms with Gasteiger partial charge in [-0.2, -0.15) is 0 Å². The summed E-state index contributed by atoms with van der Waals surface area (Å²) >= 11 is 0. The van der Waals surface area contributed by atoms with Crippen LogP contribution in [0.25, 0.3) is 0 Å². The largest absolute Gasteiger partial charge is 0.356 e. The topological polar surface area (TPSA) is 73.8 Å². The van der Waals surface area contributed by atoms with Crippen molar-refractivity contribution in [2.45, 2.75) is 32.2 Å². The molecule has 116 valence electrons. The molecule has 0 saturated heterocycles. The third-order valence-electron chi connectivity index (χ3n) is 3.27. The molecule has 0 fully saturated rings. The molecule has 0 aromatic rings. The minimum Gasteiger partial charge on any atom is -0.356 e. The molecule has 1 aliphatic carbocycles. The highest BCUT2D eigenvalue weighted by Gasteiger charge is 2.14. The molecule has 20 heavy (non-hydrogen) atoms. The molecule has 0 saturated carbocycles. The van der Waals surface area contributed by atoms with Crippen LogP contribution in [-0.4, -0.2) is 57.7 Å². The highest BCUT2D eigenvalue weighted by atomic mass is 32.2. The molecule has 1 aliphatic rings. The van der Waals surface area contributed by atoms with Crippen molar-refractivity contribution in [1.29, 1.82) is 0 Å². The van der Waals surface area contributed by atoms with Crippen LogP contribution in [0.2, 0.25) is 0 Å². The third-order valence-corrected chi connectivity index (χ3v) is 4.65. The molecule has 0 aromatic carbocycles. The molecule has 0 aromatic heterocycles. The maximum absolute atomic E-state index is 11.4. The first-order chi connectivity index (χ1) is 9.47. The molecule has 0 radical (unpaired) electrons. The quantitative estimate of drug-likeness (QED) is 0.312. The number of nitrogens with one attached hydrogen (secondary N) is 2. The molecular formula is C13H26N4O2S. The van der Waals surface area contributed by atoms with Gasteiger partial charge in [0.15, 0.2) is 5.96 Å². The lowest BCUT2D eigenvalue weighted by molar-refractivity contribution is 0.424. The van der Waals surface area contributed by atoms with E-state index in [1.54, 1.807) is 7.05 Å². The van der Waals surface area contributed by atoms with Gasteiger partial charge < -0.3 is 10.6 Å². The van der Waals surface area contributed by atoms with Crippen LogP contribution in [0.5, 0.6) is 0 Å². The molecule has 0 heterocycles. The van der Waals surface area contributed by atoms with Crippen molar-refractivity contribution >= 4 is 16.0 Å². The Morgan fingerprint density at radius 2 is 2.05 bits per heavy atom. The SMILES string of the molecule is CCN(CCCNC(=NC)NC1CC=CC1)S(C)(=O)=O. The van der Waals surface area contributed by atoms with Crippen molar-refractivity contribution < 1.29 is 8.42 Å². The number of rotatable bonds is 7. The number of hydrogen-bond donors (Lipinski definition) is 2. The van der Waals surface area contributed by atoms with Gasteiger partial charge in [0.2, 0.25) is 10.0 Å². The normalized spacial score (nSPS) is 16.9. The summed E-state index contributed by atoms with van der Waals surface area (Å²) in [5.74, 6) is 0.779. The average molecular weight is 302 g/mol. The van der Waals surface area contributed by atoms with E-state index >= 15 is 0 Å². The van der Waals surface area contributed by atoms with Crippen molar-refractivity contribution in [3.8, 4) is 0 Å². The molecule has 1 rings (SSSR count). The Hall–Kier alpha value is -1.08. The van der Waals surface area contributed by atoms with Crippen molar-refractivity contribution in [1.82, 2.24) is 14.9 Å². The van der Waals surface area contributed by atoms with Crippen molar-refractivity contribution in [3.63, 3.8) is 0 Å². The second-order valence-corrected chi connectivity index (χ2v) is 6.87. The second kappa shape index (κ2) is 8.26. The zero-order valence-electron chi connectivity index (χ0n) is 12.6. The van der Waals surface area contributed by atoms with E-state index in [9.17, 15) is 8.42 Å². The first-order valence-corrected chi connectivity index (χ1v) is 8.89. The third kappa shape index (κ3) is 5.92. The van der Waals surface area contributed by atoms with Gasteiger partial charge in [-0.1, -0.05) is 19.1 Å². The summed E-state index contributed by atoms with van der Waals surface area (Å²) in [6.45, 7) is 3.60. The Bertz CT molecular complexity index is 437. The fraction of sp³-hybridized carbons (Fsp3) is 0.769. The summed E-state index contributed by atoms with van der Waals surface area (Å²) in [5.41, 5.74) is 0. The Labute approximate surface area is 122 Å². The summed E-state index contributed by atoms with van der Waals surface area (Å²) in [4.78, 5) is 4.17. The number of hydrogen-bond acceptors (Lipinski definition) is 3. The predicted octanol–water partition coefficient (Wildman–Crippen LogP) is 0.542. The Balaban J connectivity index is 2.24. The smallest absolute Gasteiger partial charge is 0.211 e. The molecular weight excluding hydrogens is 276 g/mol. The van der Waals surface area contributed by atoms with Crippen molar-refractivity contribution in [3.05, 3.63) is 12.2 Å². The summed E-state index contributed by atoms with van der Waals surface area (Å²) in [6, 6.07) is 0.421. The Morgan fingerprint density at radius 1 is 1.40 bits per heavy atom. The van der Waals surface area contributed by atoms with E-state index in [1.807, 2.05) is 6.92 Å². The molecule has 2 N–H and O–H groups in total. The minimum atomic E-state index is -3.09. The first-order valence-electron chi connectivity index (χ1n) is 7.04. The van der Waals surface area contributed by atoms with Crippen LogP contribution >= 0.6 is 0 Å². The molecule has 0 atom stereocenters. The molecule has 0 aliphatic heterocycles.